The number of carboxylic acids is 1. The van der Waals surface area contributed by atoms with Crippen molar-refractivity contribution in [3.63, 3.8) is 0 Å². The summed E-state index contributed by atoms with van der Waals surface area (Å²) in [6.07, 6.45) is -3.25. The van der Waals surface area contributed by atoms with Gasteiger partial charge in [-0.2, -0.15) is 0 Å². The lowest BCUT2D eigenvalue weighted by molar-refractivity contribution is -0.136. The number of rotatable bonds is 3. The molecule has 0 saturated carbocycles. The van der Waals surface area contributed by atoms with Crippen molar-refractivity contribution in [1.82, 2.24) is 4.98 Å². The van der Waals surface area contributed by atoms with Gasteiger partial charge in [0, 0.05) is 5.56 Å². The molecular weight excluding hydrogens is 251 g/mol. The number of hydrogen-bond donors (Lipinski definition) is 1. The highest BCUT2D eigenvalue weighted by Crippen LogP contribution is 2.29. The molecule has 0 radical (unpaired) electrons. The van der Waals surface area contributed by atoms with Crippen molar-refractivity contribution in [2.24, 2.45) is 0 Å². The van der Waals surface area contributed by atoms with Crippen LogP contribution in [0.2, 0.25) is 10.2 Å². The Morgan fingerprint density at radius 3 is 2.60 bits per heavy atom. The van der Waals surface area contributed by atoms with E-state index in [1.165, 1.54) is 0 Å². The Kier molecular flexibility index (Phi) is 3.82. The van der Waals surface area contributed by atoms with Crippen LogP contribution >= 0.6 is 23.2 Å². The molecular formula is C8H5Cl2F2NO2. The highest BCUT2D eigenvalue weighted by molar-refractivity contribution is 6.33. The number of carboxylic acid groups (broad SMARTS) is 1. The van der Waals surface area contributed by atoms with Crippen LogP contribution in [0.3, 0.4) is 0 Å². The van der Waals surface area contributed by atoms with E-state index in [9.17, 15) is 13.6 Å². The molecule has 7 heteroatoms. The highest BCUT2D eigenvalue weighted by Gasteiger charge is 2.17. The third-order valence-corrected chi connectivity index (χ3v) is 2.21. The van der Waals surface area contributed by atoms with Crippen molar-refractivity contribution in [3.8, 4) is 0 Å². The third kappa shape index (κ3) is 3.00. The Bertz CT molecular complexity index is 398. The van der Waals surface area contributed by atoms with Gasteiger partial charge in [0.1, 0.15) is 10.8 Å². The Morgan fingerprint density at radius 2 is 2.13 bits per heavy atom. The molecule has 0 aliphatic carbocycles. The van der Waals surface area contributed by atoms with Gasteiger partial charge in [0.25, 0.3) is 6.43 Å². The Hall–Kier alpha value is -0.940. The van der Waals surface area contributed by atoms with Crippen molar-refractivity contribution in [3.05, 3.63) is 27.5 Å². The largest absolute Gasteiger partial charge is 0.481 e. The summed E-state index contributed by atoms with van der Waals surface area (Å²) in [5, 5.41) is 7.93. The van der Waals surface area contributed by atoms with Gasteiger partial charge in [-0.05, 0) is 6.07 Å². The van der Waals surface area contributed by atoms with Crippen LogP contribution in [0.4, 0.5) is 8.78 Å². The van der Waals surface area contributed by atoms with Crippen LogP contribution < -0.4 is 0 Å². The van der Waals surface area contributed by atoms with Gasteiger partial charge in [0.05, 0.1) is 11.4 Å². The predicted octanol–water partition coefficient (Wildman–Crippen LogP) is 2.95. The lowest BCUT2D eigenvalue weighted by Crippen LogP contribution is -2.03. The fraction of sp³-hybridized carbons (Fsp3) is 0.250. The maximum absolute atomic E-state index is 12.3. The van der Waals surface area contributed by atoms with E-state index < -0.39 is 24.5 Å². The summed E-state index contributed by atoms with van der Waals surface area (Å²) in [6, 6.07) is 1.09. The van der Waals surface area contributed by atoms with Crippen LogP contribution in [0, 0.1) is 0 Å². The minimum Gasteiger partial charge on any atom is -0.481 e. The molecule has 0 aromatic carbocycles. The van der Waals surface area contributed by atoms with Gasteiger partial charge < -0.3 is 5.11 Å². The molecule has 0 spiro atoms. The van der Waals surface area contributed by atoms with Crippen LogP contribution in [-0.4, -0.2) is 16.1 Å². The lowest BCUT2D eigenvalue weighted by Gasteiger charge is -2.06. The molecule has 0 unspecified atom stereocenters. The van der Waals surface area contributed by atoms with Crippen molar-refractivity contribution < 1.29 is 18.7 Å². The Balaban J connectivity index is 3.13. The number of aromatic nitrogens is 1. The number of pyridine rings is 1. The van der Waals surface area contributed by atoms with Crippen LogP contribution in [-0.2, 0) is 11.2 Å². The number of carbonyl (C=O) groups is 1. The minimum atomic E-state index is -2.84. The second-order valence-corrected chi connectivity index (χ2v) is 3.44. The molecule has 3 nitrogen and oxygen atoms in total. The zero-order valence-corrected chi connectivity index (χ0v) is 8.69. The molecule has 0 amide bonds. The molecule has 0 atom stereocenters. The molecule has 1 heterocycles. The quantitative estimate of drug-likeness (QED) is 0.846. The Labute approximate surface area is 93.6 Å². The van der Waals surface area contributed by atoms with E-state index in [2.05, 4.69) is 4.98 Å². The highest BCUT2D eigenvalue weighted by atomic mass is 35.5. The number of hydrogen-bond acceptors (Lipinski definition) is 2. The summed E-state index contributed by atoms with van der Waals surface area (Å²) >= 11 is 11.0. The number of halogens is 4. The zero-order valence-electron chi connectivity index (χ0n) is 7.18. The second-order valence-electron chi connectivity index (χ2n) is 2.68. The van der Waals surface area contributed by atoms with Crippen LogP contribution in [0.15, 0.2) is 6.07 Å². The fourth-order valence-corrected chi connectivity index (χ4v) is 1.43. The van der Waals surface area contributed by atoms with E-state index in [-0.39, 0.29) is 15.7 Å². The average molecular weight is 256 g/mol. The molecule has 0 aliphatic heterocycles. The van der Waals surface area contributed by atoms with Crippen LogP contribution in [0.25, 0.3) is 0 Å². The third-order valence-electron chi connectivity index (χ3n) is 1.58. The molecule has 0 aliphatic rings. The van der Waals surface area contributed by atoms with E-state index in [0.29, 0.717) is 0 Å². The molecule has 0 saturated heterocycles. The molecule has 1 N–H and O–H groups in total. The standard InChI is InChI=1S/C8H5Cl2F2NO2/c9-4-1-3(2-5(14)15)7(10)13-6(4)8(11)12/h1,8H,2H2,(H,14,15). The first kappa shape index (κ1) is 12.1. The first-order valence-corrected chi connectivity index (χ1v) is 4.52. The van der Waals surface area contributed by atoms with Crippen molar-refractivity contribution in [1.29, 1.82) is 0 Å². The van der Waals surface area contributed by atoms with Crippen molar-refractivity contribution in [2.45, 2.75) is 12.8 Å². The number of nitrogens with zero attached hydrogens (tertiary/aromatic N) is 1. The summed E-state index contributed by atoms with van der Waals surface area (Å²) in [4.78, 5) is 13.7. The molecule has 1 aromatic rings. The van der Waals surface area contributed by atoms with Gasteiger partial charge in [-0.15, -0.1) is 0 Å². The monoisotopic (exact) mass is 255 g/mol. The lowest BCUT2D eigenvalue weighted by atomic mass is 10.2. The number of alkyl halides is 2. The summed E-state index contributed by atoms with van der Waals surface area (Å²) in [5.41, 5.74) is -0.533. The maximum atomic E-state index is 12.3. The SMILES string of the molecule is O=C(O)Cc1cc(Cl)c(C(F)F)nc1Cl. The zero-order chi connectivity index (χ0) is 11.6. The van der Waals surface area contributed by atoms with Crippen molar-refractivity contribution >= 4 is 29.2 Å². The second kappa shape index (κ2) is 4.72. The Morgan fingerprint density at radius 1 is 1.53 bits per heavy atom. The van der Waals surface area contributed by atoms with Crippen molar-refractivity contribution in [2.75, 3.05) is 0 Å². The molecule has 0 bridgehead atoms. The van der Waals surface area contributed by atoms with Gasteiger partial charge >= 0.3 is 5.97 Å². The van der Waals surface area contributed by atoms with E-state index in [1.54, 1.807) is 0 Å². The summed E-state index contributed by atoms with van der Waals surface area (Å²) in [7, 11) is 0. The first-order chi connectivity index (χ1) is 6.91. The van der Waals surface area contributed by atoms with E-state index in [0.717, 1.165) is 6.07 Å². The first-order valence-electron chi connectivity index (χ1n) is 3.76. The smallest absolute Gasteiger partial charge is 0.307 e. The average Bonchev–Trinajstić information content (AvgIpc) is 2.09. The van der Waals surface area contributed by atoms with E-state index >= 15 is 0 Å². The molecule has 0 fully saturated rings. The predicted molar refractivity (Wildman–Crippen MR) is 50.6 cm³/mol. The normalized spacial score (nSPS) is 10.7. The number of aliphatic carboxylic acids is 1. The molecule has 1 aromatic heterocycles. The van der Waals surface area contributed by atoms with Crippen LogP contribution in [0.1, 0.15) is 17.7 Å². The fourth-order valence-electron chi connectivity index (χ4n) is 0.957. The van der Waals surface area contributed by atoms with Gasteiger partial charge in [-0.3, -0.25) is 4.79 Å². The summed E-state index contributed by atoms with van der Waals surface area (Å²) in [6.45, 7) is 0. The minimum absolute atomic E-state index is 0.110. The van der Waals surface area contributed by atoms with Gasteiger partial charge in [-0.1, -0.05) is 23.2 Å². The molecule has 82 valence electrons. The summed E-state index contributed by atoms with van der Waals surface area (Å²) in [5.74, 6) is -1.14. The van der Waals surface area contributed by atoms with Gasteiger partial charge in [-0.25, -0.2) is 13.8 Å². The van der Waals surface area contributed by atoms with E-state index in [1.807, 2.05) is 0 Å². The molecule has 15 heavy (non-hydrogen) atoms. The van der Waals surface area contributed by atoms with Gasteiger partial charge in [0.15, 0.2) is 0 Å². The van der Waals surface area contributed by atoms with Crippen LogP contribution in [0.5, 0.6) is 0 Å². The summed E-state index contributed by atoms with van der Waals surface area (Å²) < 4.78 is 24.6. The maximum Gasteiger partial charge on any atom is 0.307 e. The van der Waals surface area contributed by atoms with Gasteiger partial charge in [0.2, 0.25) is 0 Å². The molecule has 1 rings (SSSR count). The van der Waals surface area contributed by atoms with E-state index in [4.69, 9.17) is 28.3 Å². The topological polar surface area (TPSA) is 50.2 Å².